The van der Waals surface area contributed by atoms with Crippen molar-refractivity contribution in [2.75, 3.05) is 17.7 Å². The number of thiazole rings is 1. The fourth-order valence-electron chi connectivity index (χ4n) is 2.34. The number of nitrogens with zero attached hydrogens (tertiary/aromatic N) is 3. The zero-order valence-electron chi connectivity index (χ0n) is 15.3. The second-order valence-electron chi connectivity index (χ2n) is 6.08. The van der Waals surface area contributed by atoms with Crippen molar-refractivity contribution in [3.63, 3.8) is 0 Å². The molecule has 0 amide bonds. The number of halogens is 3. The lowest BCUT2D eigenvalue weighted by molar-refractivity contribution is -0.137. The molecular weight excluding hydrogens is 391 g/mol. The lowest BCUT2D eigenvalue weighted by atomic mass is 10.2. The molecule has 0 saturated carbocycles. The average molecular weight is 409 g/mol. The van der Waals surface area contributed by atoms with E-state index < -0.39 is 11.7 Å². The topological polar surface area (TPSA) is 72.0 Å². The zero-order chi connectivity index (χ0) is 20.3. The van der Waals surface area contributed by atoms with Crippen LogP contribution in [-0.2, 0) is 6.18 Å². The maximum Gasteiger partial charge on any atom is 0.420 e. The number of alkyl halides is 3. The highest BCUT2D eigenvalue weighted by Gasteiger charge is 2.35. The molecule has 0 atom stereocenters. The number of aromatic nitrogens is 3. The van der Waals surface area contributed by atoms with E-state index in [0.717, 1.165) is 6.07 Å². The summed E-state index contributed by atoms with van der Waals surface area (Å²) in [6.07, 6.45) is -1.61. The van der Waals surface area contributed by atoms with Gasteiger partial charge in [0.05, 0.1) is 29.9 Å². The van der Waals surface area contributed by atoms with Crippen LogP contribution in [0.15, 0.2) is 36.0 Å². The largest absolute Gasteiger partial charge is 0.489 e. The van der Waals surface area contributed by atoms with Crippen LogP contribution in [0.5, 0.6) is 5.75 Å². The Hall–Kier alpha value is -2.88. The molecule has 2 N–H and O–H groups in total. The van der Waals surface area contributed by atoms with Gasteiger partial charge in [-0.05, 0) is 32.0 Å². The lowest BCUT2D eigenvalue weighted by Gasteiger charge is -2.13. The van der Waals surface area contributed by atoms with Gasteiger partial charge in [0, 0.05) is 12.4 Å². The molecule has 3 aromatic rings. The molecule has 0 aliphatic carbocycles. The standard InChI is InChI=1S/C18H18F3N5OS/c1-10(2)27-12-4-5-14(23-8-12)15-9-28-17(25-15)26-16-13(18(19,20)21)6-11(22-3)7-24-16/h4-10,22H,1-3H3,(H,24,25,26). The van der Waals surface area contributed by atoms with Gasteiger partial charge in [-0.1, -0.05) is 0 Å². The summed E-state index contributed by atoms with van der Waals surface area (Å²) >= 11 is 1.17. The van der Waals surface area contributed by atoms with Gasteiger partial charge in [-0.15, -0.1) is 11.3 Å². The van der Waals surface area contributed by atoms with Crippen LogP contribution in [0.25, 0.3) is 11.4 Å². The Labute approximate surface area is 163 Å². The second kappa shape index (κ2) is 8.01. The quantitative estimate of drug-likeness (QED) is 0.584. The number of rotatable bonds is 6. The Balaban J connectivity index is 1.82. The summed E-state index contributed by atoms with van der Waals surface area (Å²) in [5.41, 5.74) is 0.536. The lowest BCUT2D eigenvalue weighted by Crippen LogP contribution is -2.11. The van der Waals surface area contributed by atoms with Crippen LogP contribution in [0.4, 0.5) is 29.8 Å². The summed E-state index contributed by atoms with van der Waals surface area (Å²) < 4.78 is 45.5. The number of hydrogen-bond acceptors (Lipinski definition) is 7. The van der Waals surface area contributed by atoms with Gasteiger partial charge in [-0.2, -0.15) is 13.2 Å². The molecule has 6 nitrogen and oxygen atoms in total. The van der Waals surface area contributed by atoms with E-state index in [1.165, 1.54) is 24.6 Å². The minimum Gasteiger partial charge on any atom is -0.489 e. The molecule has 10 heteroatoms. The van der Waals surface area contributed by atoms with E-state index in [2.05, 4.69) is 25.6 Å². The first-order chi connectivity index (χ1) is 13.3. The van der Waals surface area contributed by atoms with Crippen molar-refractivity contribution in [1.82, 2.24) is 15.0 Å². The van der Waals surface area contributed by atoms with Gasteiger partial charge in [-0.3, -0.25) is 4.98 Å². The maximum atomic E-state index is 13.3. The molecule has 28 heavy (non-hydrogen) atoms. The smallest absolute Gasteiger partial charge is 0.420 e. The SMILES string of the molecule is CNc1cnc(Nc2nc(-c3ccc(OC(C)C)cn3)cs2)c(C(F)(F)F)c1. The first-order valence-electron chi connectivity index (χ1n) is 8.37. The Kier molecular flexibility index (Phi) is 5.68. The summed E-state index contributed by atoms with van der Waals surface area (Å²) in [7, 11) is 1.53. The molecule has 0 bridgehead atoms. The molecule has 0 radical (unpaired) electrons. The van der Waals surface area contributed by atoms with Crippen LogP contribution >= 0.6 is 11.3 Å². The average Bonchev–Trinajstić information content (AvgIpc) is 3.10. The summed E-state index contributed by atoms with van der Waals surface area (Å²) in [5.74, 6) is 0.331. The fourth-order valence-corrected chi connectivity index (χ4v) is 3.04. The third kappa shape index (κ3) is 4.69. The third-order valence-electron chi connectivity index (χ3n) is 3.58. The van der Waals surface area contributed by atoms with Crippen LogP contribution in [0, 0.1) is 0 Å². The fraction of sp³-hybridized carbons (Fsp3) is 0.278. The van der Waals surface area contributed by atoms with Gasteiger partial charge >= 0.3 is 6.18 Å². The Morgan fingerprint density at radius 2 is 1.89 bits per heavy atom. The van der Waals surface area contributed by atoms with Crippen molar-refractivity contribution < 1.29 is 17.9 Å². The van der Waals surface area contributed by atoms with Crippen molar-refractivity contribution in [3.05, 3.63) is 41.5 Å². The maximum absolute atomic E-state index is 13.3. The van der Waals surface area contributed by atoms with Crippen molar-refractivity contribution in [3.8, 4) is 17.1 Å². The first-order valence-corrected chi connectivity index (χ1v) is 9.25. The number of nitrogens with one attached hydrogen (secondary N) is 2. The summed E-state index contributed by atoms with van der Waals surface area (Å²) in [4.78, 5) is 12.5. The van der Waals surface area contributed by atoms with Gasteiger partial charge < -0.3 is 15.4 Å². The van der Waals surface area contributed by atoms with Crippen LogP contribution in [0.3, 0.4) is 0 Å². The first kappa shape index (κ1) is 19.9. The van der Waals surface area contributed by atoms with Crippen molar-refractivity contribution in [2.24, 2.45) is 0 Å². The predicted molar refractivity (Wildman–Crippen MR) is 103 cm³/mol. The molecule has 3 rings (SSSR count). The van der Waals surface area contributed by atoms with Gasteiger partial charge in [-0.25, -0.2) is 9.97 Å². The van der Waals surface area contributed by atoms with Crippen LogP contribution in [-0.4, -0.2) is 28.1 Å². The van der Waals surface area contributed by atoms with Crippen molar-refractivity contribution in [1.29, 1.82) is 0 Å². The van der Waals surface area contributed by atoms with E-state index in [-0.39, 0.29) is 22.7 Å². The molecule has 3 aromatic heterocycles. The predicted octanol–water partition coefficient (Wildman–Crippen LogP) is 5.19. The number of hydrogen-bond donors (Lipinski definition) is 2. The summed E-state index contributed by atoms with van der Waals surface area (Å²) in [6, 6.07) is 4.52. The molecule has 0 saturated heterocycles. The number of ether oxygens (including phenoxy) is 1. The molecule has 0 spiro atoms. The molecule has 0 aromatic carbocycles. The van der Waals surface area contributed by atoms with Crippen LogP contribution in [0.1, 0.15) is 19.4 Å². The van der Waals surface area contributed by atoms with Gasteiger partial charge in [0.15, 0.2) is 5.13 Å². The minimum absolute atomic E-state index is 0.0346. The Morgan fingerprint density at radius 3 is 2.50 bits per heavy atom. The molecule has 0 aliphatic heterocycles. The number of pyridine rings is 2. The van der Waals surface area contributed by atoms with Crippen molar-refractivity contribution >= 4 is 28.0 Å². The van der Waals surface area contributed by atoms with E-state index in [0.29, 0.717) is 17.1 Å². The highest BCUT2D eigenvalue weighted by Crippen LogP contribution is 2.37. The second-order valence-corrected chi connectivity index (χ2v) is 6.93. The van der Waals surface area contributed by atoms with E-state index >= 15 is 0 Å². The normalized spacial score (nSPS) is 11.5. The monoisotopic (exact) mass is 409 g/mol. The minimum atomic E-state index is -4.55. The highest BCUT2D eigenvalue weighted by molar-refractivity contribution is 7.14. The van der Waals surface area contributed by atoms with Gasteiger partial charge in [0.1, 0.15) is 22.8 Å². The van der Waals surface area contributed by atoms with E-state index in [9.17, 15) is 13.2 Å². The third-order valence-corrected chi connectivity index (χ3v) is 4.34. The Bertz CT molecular complexity index is 941. The molecule has 0 aliphatic rings. The zero-order valence-corrected chi connectivity index (χ0v) is 16.1. The Morgan fingerprint density at radius 1 is 1.11 bits per heavy atom. The van der Waals surface area contributed by atoms with E-state index in [1.807, 2.05) is 13.8 Å². The summed E-state index contributed by atoms with van der Waals surface area (Å²) in [6.45, 7) is 3.83. The molecular formula is C18H18F3N5OS. The van der Waals surface area contributed by atoms with Crippen LogP contribution < -0.4 is 15.4 Å². The van der Waals surface area contributed by atoms with Crippen molar-refractivity contribution in [2.45, 2.75) is 26.1 Å². The van der Waals surface area contributed by atoms with E-state index in [4.69, 9.17) is 4.74 Å². The number of anilines is 3. The van der Waals surface area contributed by atoms with Gasteiger partial charge in [0.25, 0.3) is 0 Å². The van der Waals surface area contributed by atoms with Gasteiger partial charge in [0.2, 0.25) is 0 Å². The van der Waals surface area contributed by atoms with E-state index in [1.54, 1.807) is 23.7 Å². The molecule has 0 fully saturated rings. The summed E-state index contributed by atoms with van der Waals surface area (Å²) in [5, 5.41) is 7.30. The van der Waals surface area contributed by atoms with Crippen LogP contribution in [0.2, 0.25) is 0 Å². The molecule has 0 unspecified atom stereocenters. The highest BCUT2D eigenvalue weighted by atomic mass is 32.1. The molecule has 148 valence electrons. The molecule has 3 heterocycles.